The van der Waals surface area contributed by atoms with Gasteiger partial charge in [-0.2, -0.15) is 5.10 Å². The first-order chi connectivity index (χ1) is 14.6. The maximum Gasteiger partial charge on any atom is 0.337 e. The van der Waals surface area contributed by atoms with Crippen LogP contribution in [-0.4, -0.2) is 49.3 Å². The van der Waals surface area contributed by atoms with Crippen LogP contribution in [0.15, 0.2) is 58.7 Å². The molecule has 2 aromatic rings. The zero-order chi connectivity index (χ0) is 21.2. The van der Waals surface area contributed by atoms with E-state index in [-0.39, 0.29) is 11.9 Å². The van der Waals surface area contributed by atoms with Crippen molar-refractivity contribution in [2.75, 3.05) is 26.1 Å². The van der Waals surface area contributed by atoms with Gasteiger partial charge in [0.2, 0.25) is 5.91 Å². The summed E-state index contributed by atoms with van der Waals surface area (Å²) in [6.45, 7) is 0.978. The minimum Gasteiger partial charge on any atom is -0.493 e. The Balaban J connectivity index is 1.39. The second-order valence-corrected chi connectivity index (χ2v) is 7.09. The van der Waals surface area contributed by atoms with Crippen molar-refractivity contribution in [1.82, 2.24) is 5.32 Å². The lowest BCUT2D eigenvalue weighted by molar-refractivity contribution is -0.116. The van der Waals surface area contributed by atoms with E-state index < -0.39 is 0 Å². The highest BCUT2D eigenvalue weighted by Crippen LogP contribution is 2.15. The third-order valence-corrected chi connectivity index (χ3v) is 4.77. The van der Waals surface area contributed by atoms with E-state index in [2.05, 4.69) is 20.3 Å². The van der Waals surface area contributed by atoms with Crippen LogP contribution < -0.4 is 14.8 Å². The molecule has 156 valence electrons. The van der Waals surface area contributed by atoms with Gasteiger partial charge in [0.1, 0.15) is 11.5 Å². The average molecular weight is 427 g/mol. The highest BCUT2D eigenvalue weighted by molar-refractivity contribution is 8.15. The number of rotatable bonds is 9. The number of methoxy groups -OCH3 is 1. The number of ether oxygens (including phenoxy) is 3. The van der Waals surface area contributed by atoms with Crippen molar-refractivity contribution >= 4 is 35.0 Å². The summed E-state index contributed by atoms with van der Waals surface area (Å²) < 4.78 is 16.1. The third-order valence-electron chi connectivity index (χ3n) is 3.90. The van der Waals surface area contributed by atoms with Gasteiger partial charge in [-0.15, -0.1) is 5.10 Å². The van der Waals surface area contributed by atoms with Crippen LogP contribution in [0.1, 0.15) is 22.3 Å². The summed E-state index contributed by atoms with van der Waals surface area (Å²) in [6, 6.07) is 14.3. The van der Waals surface area contributed by atoms with E-state index in [4.69, 9.17) is 9.47 Å². The van der Waals surface area contributed by atoms with Crippen LogP contribution in [0.25, 0.3) is 0 Å². The van der Waals surface area contributed by atoms with Crippen LogP contribution in [0.3, 0.4) is 0 Å². The molecule has 1 aliphatic heterocycles. The summed E-state index contributed by atoms with van der Waals surface area (Å²) in [6.07, 6.45) is 2.30. The van der Waals surface area contributed by atoms with Gasteiger partial charge >= 0.3 is 5.97 Å². The molecule has 1 heterocycles. The first-order valence-electron chi connectivity index (χ1n) is 9.22. The zero-order valence-corrected chi connectivity index (χ0v) is 17.2. The zero-order valence-electron chi connectivity index (χ0n) is 16.4. The van der Waals surface area contributed by atoms with Gasteiger partial charge in [-0.25, -0.2) is 4.79 Å². The number of nitrogens with one attached hydrogen (secondary N) is 1. The molecule has 0 aromatic heterocycles. The molecule has 0 aliphatic carbocycles. The number of amides is 1. The number of thioether (sulfide) groups is 1. The van der Waals surface area contributed by atoms with Gasteiger partial charge in [-0.3, -0.25) is 4.79 Å². The van der Waals surface area contributed by atoms with Gasteiger partial charge in [0.05, 0.1) is 37.9 Å². The SMILES string of the molecule is COC(=O)c1ccc(OCCCOc2cccc(C=NN=C3NC(=O)CS3)c2)cc1. The van der Waals surface area contributed by atoms with Gasteiger partial charge in [0.15, 0.2) is 5.17 Å². The van der Waals surface area contributed by atoms with Gasteiger partial charge in [0, 0.05) is 6.42 Å². The molecule has 8 nitrogen and oxygen atoms in total. The Morgan fingerprint density at radius 3 is 2.60 bits per heavy atom. The Morgan fingerprint density at radius 2 is 1.90 bits per heavy atom. The highest BCUT2D eigenvalue weighted by Gasteiger charge is 2.15. The Bertz CT molecular complexity index is 944. The van der Waals surface area contributed by atoms with E-state index in [0.717, 1.165) is 11.3 Å². The number of nitrogens with zero attached hydrogens (tertiary/aromatic N) is 2. The highest BCUT2D eigenvalue weighted by atomic mass is 32.2. The molecule has 1 fully saturated rings. The van der Waals surface area contributed by atoms with E-state index in [1.54, 1.807) is 30.5 Å². The van der Waals surface area contributed by atoms with Crippen LogP contribution in [0.5, 0.6) is 11.5 Å². The lowest BCUT2D eigenvalue weighted by Gasteiger charge is -2.09. The summed E-state index contributed by atoms with van der Waals surface area (Å²) in [5, 5.41) is 11.1. The molecule has 9 heteroatoms. The molecule has 2 aromatic carbocycles. The molecule has 30 heavy (non-hydrogen) atoms. The van der Waals surface area contributed by atoms with Gasteiger partial charge in [0.25, 0.3) is 0 Å². The molecule has 0 radical (unpaired) electrons. The van der Waals surface area contributed by atoms with Crippen molar-refractivity contribution in [2.45, 2.75) is 6.42 Å². The van der Waals surface area contributed by atoms with Gasteiger partial charge in [-0.05, 0) is 42.0 Å². The van der Waals surface area contributed by atoms with Gasteiger partial charge in [-0.1, -0.05) is 23.9 Å². The Labute approximate surface area is 178 Å². The van der Waals surface area contributed by atoms with E-state index in [1.165, 1.54) is 18.9 Å². The molecule has 3 rings (SSSR count). The largest absolute Gasteiger partial charge is 0.493 e. The fourth-order valence-corrected chi connectivity index (χ4v) is 3.09. The fourth-order valence-electron chi connectivity index (χ4n) is 2.46. The number of esters is 1. The van der Waals surface area contributed by atoms with Crippen LogP contribution in [0.4, 0.5) is 0 Å². The topological polar surface area (TPSA) is 98.6 Å². The minimum absolute atomic E-state index is 0.0634. The van der Waals surface area contributed by atoms with Crippen LogP contribution in [0.2, 0.25) is 0 Å². The van der Waals surface area contributed by atoms with Crippen molar-refractivity contribution in [3.05, 3.63) is 59.7 Å². The fraction of sp³-hybridized carbons (Fsp3) is 0.238. The second-order valence-electron chi connectivity index (χ2n) is 6.13. The Kier molecular flexibility index (Phi) is 7.85. The average Bonchev–Trinajstić information content (AvgIpc) is 3.18. The lowest BCUT2D eigenvalue weighted by atomic mass is 10.2. The van der Waals surface area contributed by atoms with Crippen LogP contribution >= 0.6 is 11.8 Å². The molecular formula is C21H21N3O5S. The van der Waals surface area contributed by atoms with Crippen molar-refractivity contribution < 1.29 is 23.8 Å². The van der Waals surface area contributed by atoms with Gasteiger partial charge < -0.3 is 19.5 Å². The predicted molar refractivity (Wildman–Crippen MR) is 115 cm³/mol. The molecule has 0 atom stereocenters. The maximum atomic E-state index is 11.4. The molecule has 1 aliphatic rings. The number of amidine groups is 1. The summed E-state index contributed by atoms with van der Waals surface area (Å²) >= 11 is 1.32. The lowest BCUT2D eigenvalue weighted by Crippen LogP contribution is -2.19. The van der Waals surface area contributed by atoms with Crippen molar-refractivity contribution in [3.63, 3.8) is 0 Å². The standard InChI is InChI=1S/C21H21N3O5S/c1-27-20(26)16-6-8-17(9-7-16)28-10-3-11-29-18-5-2-4-15(12-18)13-22-24-21-23-19(25)14-30-21/h2,4-9,12-13H,3,10-11,14H2,1H3,(H,23,24,25). The molecule has 0 unspecified atom stereocenters. The molecule has 0 saturated carbocycles. The predicted octanol–water partition coefficient (Wildman–Crippen LogP) is 2.87. The summed E-state index contributed by atoms with van der Waals surface area (Å²) in [5.74, 6) is 1.34. The van der Waals surface area contributed by atoms with E-state index in [9.17, 15) is 9.59 Å². The maximum absolute atomic E-state index is 11.4. The quantitative estimate of drug-likeness (QED) is 0.286. The smallest absolute Gasteiger partial charge is 0.337 e. The Morgan fingerprint density at radius 1 is 1.13 bits per heavy atom. The van der Waals surface area contributed by atoms with E-state index in [1.807, 2.05) is 24.3 Å². The van der Waals surface area contributed by atoms with E-state index >= 15 is 0 Å². The molecule has 0 bridgehead atoms. The monoisotopic (exact) mass is 427 g/mol. The second kappa shape index (κ2) is 11.0. The van der Waals surface area contributed by atoms with Crippen molar-refractivity contribution in [2.24, 2.45) is 10.2 Å². The molecular weight excluding hydrogens is 406 g/mol. The minimum atomic E-state index is -0.376. The summed E-state index contributed by atoms with van der Waals surface area (Å²) in [7, 11) is 1.35. The molecule has 0 spiro atoms. The first-order valence-corrected chi connectivity index (χ1v) is 10.2. The number of carbonyl (C=O) groups is 2. The molecule has 1 amide bonds. The number of benzene rings is 2. The van der Waals surface area contributed by atoms with Crippen LogP contribution in [0, 0.1) is 0 Å². The molecule has 1 N–H and O–H groups in total. The summed E-state index contributed by atoms with van der Waals surface area (Å²) in [5.41, 5.74) is 1.32. The normalized spacial score (nSPS) is 14.7. The van der Waals surface area contributed by atoms with E-state index in [0.29, 0.717) is 41.9 Å². The number of hydrogen-bond donors (Lipinski definition) is 1. The summed E-state index contributed by atoms with van der Waals surface area (Å²) in [4.78, 5) is 22.5. The van der Waals surface area contributed by atoms with Crippen molar-refractivity contribution in [3.8, 4) is 11.5 Å². The number of carbonyl (C=O) groups excluding carboxylic acids is 2. The van der Waals surface area contributed by atoms with Crippen molar-refractivity contribution in [1.29, 1.82) is 0 Å². The van der Waals surface area contributed by atoms with Crippen LogP contribution in [-0.2, 0) is 9.53 Å². The number of hydrogen-bond acceptors (Lipinski definition) is 8. The third kappa shape index (κ3) is 6.63. The Hall–Kier alpha value is -3.33. The molecule has 1 saturated heterocycles. The first kappa shape index (κ1) is 21.4.